The summed E-state index contributed by atoms with van der Waals surface area (Å²) in [5.74, 6) is -1.70. The van der Waals surface area contributed by atoms with Crippen LogP contribution in [0.3, 0.4) is 0 Å². The van der Waals surface area contributed by atoms with Crippen molar-refractivity contribution in [2.75, 3.05) is 4.90 Å². The van der Waals surface area contributed by atoms with Crippen LogP contribution in [0.25, 0.3) is 10.2 Å². The first-order chi connectivity index (χ1) is 15.3. The zero-order valence-electron chi connectivity index (χ0n) is 17.7. The number of rotatable bonds is 4. The van der Waals surface area contributed by atoms with Crippen molar-refractivity contribution in [1.29, 1.82) is 0 Å². The lowest BCUT2D eigenvalue weighted by atomic mass is 9.94. The fourth-order valence-electron chi connectivity index (χ4n) is 4.10. The first-order valence-corrected chi connectivity index (χ1v) is 11.0. The minimum Gasteiger partial charge on any atom is -0.503 e. The third-order valence-corrected chi connectivity index (χ3v) is 6.62. The molecule has 0 radical (unpaired) electrons. The van der Waals surface area contributed by atoms with Crippen LogP contribution in [0.2, 0.25) is 0 Å². The summed E-state index contributed by atoms with van der Waals surface area (Å²) in [6.07, 6.45) is 1.39. The molecule has 0 saturated heterocycles. The van der Waals surface area contributed by atoms with E-state index in [2.05, 4.69) is 0 Å². The van der Waals surface area contributed by atoms with Gasteiger partial charge in [0.15, 0.2) is 16.7 Å². The van der Waals surface area contributed by atoms with Crippen LogP contribution in [0.15, 0.2) is 70.5 Å². The lowest BCUT2D eigenvalue weighted by Gasteiger charge is -2.24. The zero-order chi connectivity index (χ0) is 22.6. The second-order valence-electron chi connectivity index (χ2n) is 7.98. The third-order valence-electron chi connectivity index (χ3n) is 5.62. The van der Waals surface area contributed by atoms with Gasteiger partial charge in [-0.05, 0) is 55.7 Å². The number of aliphatic hydroxyl groups excluding tert-OH is 1. The second-order valence-corrected chi connectivity index (χ2v) is 8.99. The van der Waals surface area contributed by atoms with Crippen molar-refractivity contribution < 1.29 is 19.1 Å². The smallest absolute Gasteiger partial charge is 0.296 e. The number of furan rings is 1. The summed E-state index contributed by atoms with van der Waals surface area (Å²) in [7, 11) is 0. The number of carbonyl (C=O) groups excluding carboxylic acids is 2. The number of thiazole rings is 1. The number of carbonyl (C=O) groups is 2. The van der Waals surface area contributed by atoms with E-state index < -0.39 is 23.5 Å². The highest BCUT2D eigenvalue weighted by Crippen LogP contribution is 2.44. The summed E-state index contributed by atoms with van der Waals surface area (Å²) < 4.78 is 6.22. The summed E-state index contributed by atoms with van der Waals surface area (Å²) in [6, 6.07) is 13.9. The number of hydrogen-bond acceptors (Lipinski definition) is 6. The molecule has 1 N–H and O–H groups in total. The maximum absolute atomic E-state index is 13.3. The molecule has 5 rings (SSSR count). The molecule has 1 amide bonds. The summed E-state index contributed by atoms with van der Waals surface area (Å²) in [6.45, 7) is 5.95. The van der Waals surface area contributed by atoms with Crippen LogP contribution in [0.4, 0.5) is 5.13 Å². The van der Waals surface area contributed by atoms with E-state index in [-0.39, 0.29) is 11.3 Å². The van der Waals surface area contributed by atoms with E-state index in [4.69, 9.17) is 9.40 Å². The van der Waals surface area contributed by atoms with Gasteiger partial charge in [0.25, 0.3) is 5.91 Å². The molecular weight excluding hydrogens is 424 g/mol. The first-order valence-electron chi connectivity index (χ1n) is 10.1. The molecule has 0 unspecified atom stereocenters. The number of fused-ring (bicyclic) bond motifs is 1. The summed E-state index contributed by atoms with van der Waals surface area (Å²) in [5.41, 5.74) is 4.64. The van der Waals surface area contributed by atoms with Crippen molar-refractivity contribution in [3.05, 3.63) is 94.1 Å². The van der Waals surface area contributed by atoms with E-state index in [0.29, 0.717) is 10.7 Å². The molecule has 7 heteroatoms. The standard InChI is InChI=1S/C25H20N2O4S/c1-13-6-8-16(9-7-13)21-19(22(28)17-5-4-10-31-17)23(29)24(30)27(21)25-26-20-15(3)11-14(2)12-18(20)32-25/h4-12,21,29H,1-3H3/t21-/m1/s1. The highest BCUT2D eigenvalue weighted by Gasteiger charge is 2.46. The van der Waals surface area contributed by atoms with Crippen molar-refractivity contribution in [1.82, 2.24) is 4.98 Å². The van der Waals surface area contributed by atoms with Crippen LogP contribution in [-0.2, 0) is 4.79 Å². The SMILES string of the molecule is Cc1ccc([C@@H]2C(C(=O)c3ccco3)=C(O)C(=O)N2c2nc3c(C)cc(C)cc3s2)cc1. The number of anilines is 1. The molecule has 1 aliphatic heterocycles. The Morgan fingerprint density at radius 1 is 1.09 bits per heavy atom. The Bertz CT molecular complexity index is 1400. The minimum absolute atomic E-state index is 0.0130. The van der Waals surface area contributed by atoms with Gasteiger partial charge in [-0.1, -0.05) is 47.2 Å². The maximum atomic E-state index is 13.3. The van der Waals surface area contributed by atoms with E-state index in [0.717, 1.165) is 26.9 Å². The number of benzene rings is 2. The maximum Gasteiger partial charge on any atom is 0.296 e. The predicted octanol–water partition coefficient (Wildman–Crippen LogP) is 5.60. The molecule has 0 spiro atoms. The van der Waals surface area contributed by atoms with Crippen molar-refractivity contribution in [2.45, 2.75) is 26.8 Å². The summed E-state index contributed by atoms with van der Waals surface area (Å²) in [5, 5.41) is 11.2. The van der Waals surface area contributed by atoms with Gasteiger partial charge in [-0.25, -0.2) is 4.98 Å². The van der Waals surface area contributed by atoms with E-state index in [1.165, 1.54) is 28.6 Å². The normalized spacial score (nSPS) is 16.4. The fraction of sp³-hybridized carbons (Fsp3) is 0.160. The monoisotopic (exact) mass is 444 g/mol. The van der Waals surface area contributed by atoms with Crippen LogP contribution in [-0.4, -0.2) is 21.8 Å². The number of aryl methyl sites for hydroxylation is 3. The Hall–Kier alpha value is -3.71. The molecule has 0 fully saturated rings. The molecule has 0 saturated carbocycles. The van der Waals surface area contributed by atoms with Crippen molar-refractivity contribution >= 4 is 38.4 Å². The Labute approximate surface area is 188 Å². The quantitative estimate of drug-likeness (QED) is 0.414. The Balaban J connectivity index is 1.70. The van der Waals surface area contributed by atoms with E-state index in [9.17, 15) is 14.7 Å². The van der Waals surface area contributed by atoms with E-state index >= 15 is 0 Å². The average Bonchev–Trinajstić information content (AvgIpc) is 3.48. The minimum atomic E-state index is -0.817. The average molecular weight is 445 g/mol. The number of ketones is 1. The molecule has 6 nitrogen and oxygen atoms in total. The van der Waals surface area contributed by atoms with Gasteiger partial charge in [0.2, 0.25) is 5.78 Å². The third kappa shape index (κ3) is 3.13. The number of Topliss-reactive ketones (excluding diaryl/α,β-unsaturated/α-hetero) is 1. The van der Waals surface area contributed by atoms with Crippen LogP contribution >= 0.6 is 11.3 Å². The van der Waals surface area contributed by atoms with Crippen LogP contribution in [0.5, 0.6) is 0 Å². The predicted molar refractivity (Wildman–Crippen MR) is 123 cm³/mol. The Kier molecular flexibility index (Phi) is 4.71. The molecule has 1 atom stereocenters. The molecule has 3 heterocycles. The van der Waals surface area contributed by atoms with Crippen LogP contribution in [0, 0.1) is 20.8 Å². The first kappa shape index (κ1) is 20.2. The van der Waals surface area contributed by atoms with Crippen molar-refractivity contribution in [3.8, 4) is 0 Å². The lowest BCUT2D eigenvalue weighted by molar-refractivity contribution is -0.117. The highest BCUT2D eigenvalue weighted by atomic mass is 32.1. The largest absolute Gasteiger partial charge is 0.503 e. The van der Waals surface area contributed by atoms with Gasteiger partial charge >= 0.3 is 0 Å². The number of nitrogens with zero attached hydrogens (tertiary/aromatic N) is 2. The molecule has 160 valence electrons. The summed E-state index contributed by atoms with van der Waals surface area (Å²) in [4.78, 5) is 32.7. The zero-order valence-corrected chi connectivity index (χ0v) is 18.6. The number of amides is 1. The van der Waals surface area contributed by atoms with Gasteiger partial charge in [0.1, 0.15) is 0 Å². The molecule has 4 aromatic rings. The van der Waals surface area contributed by atoms with Gasteiger partial charge in [0, 0.05) is 0 Å². The molecule has 1 aliphatic rings. The molecule has 0 aliphatic carbocycles. The molecule has 0 bridgehead atoms. The molecule has 2 aromatic heterocycles. The molecular formula is C25H20N2O4S. The van der Waals surface area contributed by atoms with E-state index in [1.54, 1.807) is 6.07 Å². The number of hydrogen-bond donors (Lipinski definition) is 1. The second kappa shape index (κ2) is 7.46. The van der Waals surface area contributed by atoms with Crippen LogP contribution in [0.1, 0.15) is 38.9 Å². The van der Waals surface area contributed by atoms with Crippen molar-refractivity contribution in [3.63, 3.8) is 0 Å². The van der Waals surface area contributed by atoms with Crippen molar-refractivity contribution in [2.24, 2.45) is 0 Å². The Morgan fingerprint density at radius 3 is 2.53 bits per heavy atom. The topological polar surface area (TPSA) is 83.6 Å². The Morgan fingerprint density at radius 2 is 1.84 bits per heavy atom. The van der Waals surface area contributed by atoms with Crippen LogP contribution < -0.4 is 4.90 Å². The van der Waals surface area contributed by atoms with Gasteiger partial charge in [-0.3, -0.25) is 14.5 Å². The number of aliphatic hydroxyl groups is 1. The van der Waals surface area contributed by atoms with Gasteiger partial charge in [0.05, 0.1) is 28.1 Å². The van der Waals surface area contributed by atoms with Gasteiger partial charge < -0.3 is 9.52 Å². The van der Waals surface area contributed by atoms with Gasteiger partial charge in [-0.2, -0.15) is 0 Å². The number of aromatic nitrogens is 1. The molecule has 32 heavy (non-hydrogen) atoms. The lowest BCUT2D eigenvalue weighted by Crippen LogP contribution is -2.30. The fourth-order valence-corrected chi connectivity index (χ4v) is 5.27. The molecule has 2 aromatic carbocycles. The summed E-state index contributed by atoms with van der Waals surface area (Å²) >= 11 is 1.36. The van der Waals surface area contributed by atoms with E-state index in [1.807, 2.05) is 57.2 Å². The highest BCUT2D eigenvalue weighted by molar-refractivity contribution is 7.22. The van der Waals surface area contributed by atoms with Gasteiger partial charge in [-0.15, -0.1) is 0 Å².